The summed E-state index contributed by atoms with van der Waals surface area (Å²) >= 11 is 6.60. The number of aromatic amines is 1. The van der Waals surface area contributed by atoms with E-state index in [2.05, 4.69) is 32.3 Å². The Balaban J connectivity index is 1.30. The zero-order chi connectivity index (χ0) is 26.7. The summed E-state index contributed by atoms with van der Waals surface area (Å²) in [5.41, 5.74) is 4.27. The fourth-order valence-electron chi connectivity index (χ4n) is 4.68. The number of rotatable bonds is 8. The molecule has 1 saturated heterocycles. The van der Waals surface area contributed by atoms with Crippen LogP contribution in [0.3, 0.4) is 0 Å². The molecule has 0 spiro atoms. The van der Waals surface area contributed by atoms with Crippen LogP contribution in [0.1, 0.15) is 26.7 Å². The van der Waals surface area contributed by atoms with E-state index in [0.717, 1.165) is 48.9 Å². The number of aliphatic hydroxyl groups is 1. The maximum atomic E-state index is 12.5. The Morgan fingerprint density at radius 1 is 1.18 bits per heavy atom. The molecule has 1 amide bonds. The lowest BCUT2D eigenvalue weighted by Crippen LogP contribution is -2.39. The number of pyridine rings is 1. The van der Waals surface area contributed by atoms with Gasteiger partial charge in [-0.3, -0.25) is 4.79 Å². The predicted molar refractivity (Wildman–Crippen MR) is 147 cm³/mol. The summed E-state index contributed by atoms with van der Waals surface area (Å²) in [6, 6.07) is 10.4. The van der Waals surface area contributed by atoms with Gasteiger partial charge in [0, 0.05) is 37.3 Å². The van der Waals surface area contributed by atoms with E-state index in [1.807, 2.05) is 44.2 Å². The number of ether oxygens (including phenoxy) is 2. The second-order valence-electron chi connectivity index (χ2n) is 9.91. The second-order valence-corrected chi connectivity index (χ2v) is 10.3. The standard InChI is InChI=1S/C28H32ClN5O4/c1-28(2,26(36)30-11-14-35)19-5-9-21(10-6-19)38-27-31-23-17-22(29)24(32-25(23)33-27)18-3-7-20(8-4-18)34-12-15-37-16-13-34/h3-5,7-9,17,35H,6,10-16H2,1-2H3,(H,30,36)(H,31,32,33). The van der Waals surface area contributed by atoms with E-state index < -0.39 is 5.41 Å². The molecule has 10 heteroatoms. The first-order valence-electron chi connectivity index (χ1n) is 12.8. The number of hydrogen-bond donors (Lipinski definition) is 3. The monoisotopic (exact) mass is 537 g/mol. The third kappa shape index (κ3) is 5.55. The van der Waals surface area contributed by atoms with Crippen LogP contribution >= 0.6 is 11.6 Å². The number of imidazole rings is 1. The number of morpholine rings is 1. The Kier molecular flexibility index (Phi) is 7.69. The number of carbonyl (C=O) groups is 1. The SMILES string of the molecule is CC(C)(C(=O)NCCO)C1=CC=C(Oc2nc3nc(-c4ccc(N5CCOCC5)cc4)c(Cl)cc3[nH]2)CC1. The number of nitrogens with one attached hydrogen (secondary N) is 2. The number of halogens is 1. The summed E-state index contributed by atoms with van der Waals surface area (Å²) in [5.74, 6) is 0.631. The minimum Gasteiger partial charge on any atom is -0.430 e. The van der Waals surface area contributed by atoms with Gasteiger partial charge in [0.1, 0.15) is 5.76 Å². The van der Waals surface area contributed by atoms with Gasteiger partial charge in [0.25, 0.3) is 0 Å². The number of carbonyl (C=O) groups excluding carboxylic acids is 1. The van der Waals surface area contributed by atoms with E-state index >= 15 is 0 Å². The van der Waals surface area contributed by atoms with Crippen LogP contribution in [-0.2, 0) is 9.53 Å². The molecule has 200 valence electrons. The summed E-state index contributed by atoms with van der Waals surface area (Å²) in [4.78, 5) is 27.2. The highest BCUT2D eigenvalue weighted by Gasteiger charge is 2.32. The van der Waals surface area contributed by atoms with Gasteiger partial charge in [-0.15, -0.1) is 0 Å². The first-order chi connectivity index (χ1) is 18.3. The molecule has 5 rings (SSSR count). The van der Waals surface area contributed by atoms with E-state index in [-0.39, 0.29) is 19.1 Å². The molecule has 3 heterocycles. The van der Waals surface area contributed by atoms with Crippen molar-refractivity contribution in [3.8, 4) is 17.3 Å². The van der Waals surface area contributed by atoms with Crippen molar-refractivity contribution in [3.05, 3.63) is 58.8 Å². The fraction of sp³-hybridized carbons (Fsp3) is 0.393. The van der Waals surface area contributed by atoms with Crippen LogP contribution in [0.5, 0.6) is 6.01 Å². The predicted octanol–water partition coefficient (Wildman–Crippen LogP) is 4.23. The van der Waals surface area contributed by atoms with Crippen LogP contribution in [0.4, 0.5) is 5.69 Å². The Labute approximate surface area is 226 Å². The molecule has 0 saturated carbocycles. The van der Waals surface area contributed by atoms with Gasteiger partial charge in [0.15, 0.2) is 5.65 Å². The van der Waals surface area contributed by atoms with Gasteiger partial charge >= 0.3 is 6.01 Å². The van der Waals surface area contributed by atoms with Crippen LogP contribution in [0.15, 0.2) is 53.8 Å². The summed E-state index contributed by atoms with van der Waals surface area (Å²) in [7, 11) is 0. The van der Waals surface area contributed by atoms with Crippen molar-refractivity contribution < 1.29 is 19.4 Å². The van der Waals surface area contributed by atoms with Crippen molar-refractivity contribution in [2.45, 2.75) is 26.7 Å². The molecule has 9 nitrogen and oxygen atoms in total. The summed E-state index contributed by atoms with van der Waals surface area (Å²) in [5, 5.41) is 12.3. The van der Waals surface area contributed by atoms with Crippen molar-refractivity contribution in [3.63, 3.8) is 0 Å². The zero-order valence-electron chi connectivity index (χ0n) is 21.6. The van der Waals surface area contributed by atoms with Gasteiger partial charge in [-0.05, 0) is 44.5 Å². The molecule has 0 radical (unpaired) electrons. The van der Waals surface area contributed by atoms with Crippen LogP contribution < -0.4 is 15.0 Å². The number of nitrogens with zero attached hydrogens (tertiary/aromatic N) is 3. The summed E-state index contributed by atoms with van der Waals surface area (Å²) in [6.45, 7) is 7.16. The van der Waals surface area contributed by atoms with Gasteiger partial charge < -0.3 is 29.8 Å². The highest BCUT2D eigenvalue weighted by atomic mass is 35.5. The van der Waals surface area contributed by atoms with Crippen LogP contribution in [0.25, 0.3) is 22.4 Å². The number of fused-ring (bicyclic) bond motifs is 1. The van der Waals surface area contributed by atoms with Crippen molar-refractivity contribution in [2.75, 3.05) is 44.4 Å². The third-order valence-electron chi connectivity index (χ3n) is 7.03. The Bertz CT molecular complexity index is 1370. The largest absolute Gasteiger partial charge is 0.430 e. The number of amides is 1. The number of hydrogen-bond acceptors (Lipinski definition) is 7. The van der Waals surface area contributed by atoms with Crippen molar-refractivity contribution in [1.29, 1.82) is 0 Å². The Hall–Kier alpha value is -3.40. The smallest absolute Gasteiger partial charge is 0.301 e. The van der Waals surface area contributed by atoms with E-state index in [0.29, 0.717) is 40.7 Å². The zero-order valence-corrected chi connectivity index (χ0v) is 22.3. The topological polar surface area (TPSA) is 113 Å². The first kappa shape index (κ1) is 26.2. The Morgan fingerprint density at radius 3 is 2.63 bits per heavy atom. The fourth-order valence-corrected chi connectivity index (χ4v) is 4.94. The number of aromatic nitrogens is 3. The minimum absolute atomic E-state index is 0.0843. The molecular weight excluding hydrogens is 506 g/mol. The second kappa shape index (κ2) is 11.1. The van der Waals surface area contributed by atoms with Gasteiger partial charge in [0.2, 0.25) is 5.91 Å². The van der Waals surface area contributed by atoms with E-state index in [1.54, 1.807) is 0 Å². The molecule has 0 unspecified atom stereocenters. The lowest BCUT2D eigenvalue weighted by atomic mass is 9.79. The molecule has 1 aromatic carbocycles. The normalized spacial score (nSPS) is 16.3. The number of benzene rings is 1. The van der Waals surface area contributed by atoms with Crippen LogP contribution in [0, 0.1) is 5.41 Å². The molecule has 3 N–H and O–H groups in total. The molecule has 0 bridgehead atoms. The van der Waals surface area contributed by atoms with Crippen LogP contribution in [0.2, 0.25) is 5.02 Å². The average Bonchev–Trinajstić information content (AvgIpc) is 3.33. The molecule has 2 aliphatic rings. The third-order valence-corrected chi connectivity index (χ3v) is 7.32. The van der Waals surface area contributed by atoms with Crippen molar-refractivity contribution in [2.24, 2.45) is 5.41 Å². The quantitative estimate of drug-likeness (QED) is 0.394. The molecular formula is C28H32ClN5O4. The van der Waals surface area contributed by atoms with Gasteiger partial charge in [0.05, 0.1) is 41.5 Å². The lowest BCUT2D eigenvalue weighted by Gasteiger charge is -2.28. The maximum Gasteiger partial charge on any atom is 0.301 e. The lowest BCUT2D eigenvalue weighted by molar-refractivity contribution is -0.127. The summed E-state index contributed by atoms with van der Waals surface area (Å²) < 4.78 is 11.5. The summed E-state index contributed by atoms with van der Waals surface area (Å²) in [6.07, 6.45) is 5.11. The first-order valence-corrected chi connectivity index (χ1v) is 13.2. The number of aliphatic hydroxyl groups excluding tert-OH is 1. The molecule has 38 heavy (non-hydrogen) atoms. The Morgan fingerprint density at radius 2 is 1.95 bits per heavy atom. The van der Waals surface area contributed by atoms with E-state index in [4.69, 9.17) is 31.2 Å². The molecule has 3 aromatic rings. The molecule has 2 aromatic heterocycles. The minimum atomic E-state index is -0.673. The molecule has 1 fully saturated rings. The number of allylic oxidation sites excluding steroid dienone is 3. The van der Waals surface area contributed by atoms with Crippen molar-refractivity contribution >= 4 is 34.4 Å². The van der Waals surface area contributed by atoms with Gasteiger partial charge in [-0.25, -0.2) is 4.98 Å². The number of anilines is 1. The van der Waals surface area contributed by atoms with Gasteiger partial charge in [-0.2, -0.15) is 4.98 Å². The number of H-pyrrole nitrogens is 1. The molecule has 1 aliphatic carbocycles. The van der Waals surface area contributed by atoms with Crippen LogP contribution in [-0.4, -0.2) is 65.4 Å². The van der Waals surface area contributed by atoms with Crippen molar-refractivity contribution in [1.82, 2.24) is 20.3 Å². The average molecular weight is 538 g/mol. The van der Waals surface area contributed by atoms with Gasteiger partial charge in [-0.1, -0.05) is 35.4 Å². The maximum absolute atomic E-state index is 12.5. The highest BCUT2D eigenvalue weighted by Crippen LogP contribution is 2.35. The highest BCUT2D eigenvalue weighted by molar-refractivity contribution is 6.33. The van der Waals surface area contributed by atoms with E-state index in [1.165, 1.54) is 0 Å². The molecule has 0 atom stereocenters. The van der Waals surface area contributed by atoms with E-state index in [9.17, 15) is 4.79 Å². The molecule has 1 aliphatic heterocycles.